The van der Waals surface area contributed by atoms with Gasteiger partial charge in [-0.25, -0.2) is 0 Å². The van der Waals surface area contributed by atoms with Gasteiger partial charge < -0.3 is 15.2 Å². The summed E-state index contributed by atoms with van der Waals surface area (Å²) in [5.41, 5.74) is 0.741. The van der Waals surface area contributed by atoms with E-state index in [9.17, 15) is 5.11 Å². The van der Waals surface area contributed by atoms with E-state index in [4.69, 9.17) is 4.74 Å². The molecule has 0 amide bonds. The van der Waals surface area contributed by atoms with Crippen molar-refractivity contribution < 1.29 is 9.84 Å². The van der Waals surface area contributed by atoms with E-state index in [0.717, 1.165) is 15.8 Å². The van der Waals surface area contributed by atoms with Crippen LogP contribution in [0.5, 0.6) is 5.75 Å². The zero-order chi connectivity index (χ0) is 13.6. The van der Waals surface area contributed by atoms with Crippen LogP contribution in [0.1, 0.15) is 19.4 Å². The Bertz CT molecular complexity index is 410. The highest BCUT2D eigenvalue weighted by molar-refractivity contribution is 9.10. The first-order chi connectivity index (χ1) is 8.48. The molecule has 0 unspecified atom stereocenters. The Labute approximate surface area is 129 Å². The number of hydrogen-bond donors (Lipinski definition) is 2. The van der Waals surface area contributed by atoms with Crippen molar-refractivity contribution >= 4 is 28.3 Å². The van der Waals surface area contributed by atoms with E-state index in [0.29, 0.717) is 13.2 Å². The normalized spacial score (nSPS) is 10.7. The first kappa shape index (κ1) is 18.4. The average Bonchev–Trinajstić information content (AvgIpc) is 2.35. The maximum Gasteiger partial charge on any atom is 0.124 e. The standard InChI is InChI=1S/C14H20BrNO2.ClH/c1-4-7-18-13-6-5-12(15)8-11(13)9-16-14(2,3)10-17;/h4-6,8,16-17H,1,7,9-10H2,2-3H3;1H. The lowest BCUT2D eigenvalue weighted by Crippen LogP contribution is -2.42. The Morgan fingerprint density at radius 1 is 1.47 bits per heavy atom. The summed E-state index contributed by atoms with van der Waals surface area (Å²) in [6.45, 7) is 8.76. The van der Waals surface area contributed by atoms with Crippen LogP contribution < -0.4 is 10.1 Å². The van der Waals surface area contributed by atoms with Crippen molar-refractivity contribution in [3.63, 3.8) is 0 Å². The van der Waals surface area contributed by atoms with Crippen LogP contribution in [0.25, 0.3) is 0 Å². The molecule has 19 heavy (non-hydrogen) atoms. The first-order valence-corrected chi connectivity index (χ1v) is 6.66. The fraction of sp³-hybridized carbons (Fsp3) is 0.429. The second-order valence-corrected chi connectivity index (χ2v) is 5.66. The molecule has 0 aliphatic heterocycles. The van der Waals surface area contributed by atoms with Gasteiger partial charge in [0, 0.05) is 22.1 Å². The smallest absolute Gasteiger partial charge is 0.124 e. The highest BCUT2D eigenvalue weighted by Gasteiger charge is 2.16. The average molecular weight is 351 g/mol. The number of aliphatic hydroxyl groups excluding tert-OH is 1. The molecule has 108 valence electrons. The van der Waals surface area contributed by atoms with Gasteiger partial charge in [-0.3, -0.25) is 0 Å². The summed E-state index contributed by atoms with van der Waals surface area (Å²) in [6, 6.07) is 5.88. The van der Waals surface area contributed by atoms with E-state index < -0.39 is 0 Å². The Kier molecular flexibility index (Phi) is 8.34. The van der Waals surface area contributed by atoms with E-state index >= 15 is 0 Å². The van der Waals surface area contributed by atoms with Crippen LogP contribution >= 0.6 is 28.3 Å². The van der Waals surface area contributed by atoms with E-state index in [1.807, 2.05) is 32.0 Å². The summed E-state index contributed by atoms with van der Waals surface area (Å²) in [6.07, 6.45) is 1.72. The molecule has 0 spiro atoms. The quantitative estimate of drug-likeness (QED) is 0.741. The fourth-order valence-electron chi connectivity index (χ4n) is 1.37. The summed E-state index contributed by atoms with van der Waals surface area (Å²) in [5.74, 6) is 0.833. The third-order valence-corrected chi connectivity index (χ3v) is 3.03. The second-order valence-electron chi connectivity index (χ2n) is 4.75. The summed E-state index contributed by atoms with van der Waals surface area (Å²) < 4.78 is 6.61. The van der Waals surface area contributed by atoms with Gasteiger partial charge in [-0.1, -0.05) is 28.6 Å². The molecule has 1 rings (SSSR count). The minimum absolute atomic E-state index is 0. The monoisotopic (exact) mass is 349 g/mol. The van der Waals surface area contributed by atoms with Crippen LogP contribution in [0.4, 0.5) is 0 Å². The molecule has 0 bridgehead atoms. The van der Waals surface area contributed by atoms with Crippen LogP contribution in [0.3, 0.4) is 0 Å². The zero-order valence-electron chi connectivity index (χ0n) is 11.3. The van der Waals surface area contributed by atoms with Gasteiger partial charge in [-0.2, -0.15) is 0 Å². The van der Waals surface area contributed by atoms with Gasteiger partial charge in [0.1, 0.15) is 12.4 Å². The lowest BCUT2D eigenvalue weighted by atomic mass is 10.1. The Hall–Kier alpha value is -0.550. The fourth-order valence-corrected chi connectivity index (χ4v) is 1.77. The third kappa shape index (κ3) is 6.43. The molecule has 0 aromatic heterocycles. The molecule has 0 atom stereocenters. The predicted octanol–water partition coefficient (Wildman–Crippen LogP) is 3.30. The van der Waals surface area contributed by atoms with Gasteiger partial charge in [0.25, 0.3) is 0 Å². The van der Waals surface area contributed by atoms with Crippen LogP contribution in [0.2, 0.25) is 0 Å². The van der Waals surface area contributed by atoms with Gasteiger partial charge >= 0.3 is 0 Å². The lowest BCUT2D eigenvalue weighted by Gasteiger charge is -2.24. The molecule has 0 aliphatic carbocycles. The first-order valence-electron chi connectivity index (χ1n) is 5.86. The number of benzene rings is 1. The molecule has 0 radical (unpaired) electrons. The molecule has 0 saturated carbocycles. The molecule has 0 fully saturated rings. The number of nitrogens with one attached hydrogen (secondary N) is 1. The van der Waals surface area contributed by atoms with Crippen LogP contribution in [-0.2, 0) is 6.54 Å². The molecule has 0 aliphatic rings. The predicted molar refractivity (Wildman–Crippen MR) is 85.1 cm³/mol. The largest absolute Gasteiger partial charge is 0.489 e. The summed E-state index contributed by atoms with van der Waals surface area (Å²) >= 11 is 3.45. The van der Waals surface area contributed by atoms with Crippen molar-refractivity contribution in [1.29, 1.82) is 0 Å². The Morgan fingerprint density at radius 2 is 2.16 bits per heavy atom. The van der Waals surface area contributed by atoms with Gasteiger partial charge in [0.15, 0.2) is 0 Å². The summed E-state index contributed by atoms with van der Waals surface area (Å²) in [4.78, 5) is 0. The number of rotatable bonds is 7. The van der Waals surface area contributed by atoms with Gasteiger partial charge in [-0.15, -0.1) is 12.4 Å². The molecule has 1 aromatic rings. The van der Waals surface area contributed by atoms with Gasteiger partial charge in [0.2, 0.25) is 0 Å². The molecule has 0 saturated heterocycles. The second kappa shape index (κ2) is 8.59. The highest BCUT2D eigenvalue weighted by atomic mass is 79.9. The number of halogens is 2. The SMILES string of the molecule is C=CCOc1ccc(Br)cc1CNC(C)(C)CO.Cl. The molecule has 3 nitrogen and oxygen atoms in total. The van der Waals surface area contributed by atoms with E-state index in [1.54, 1.807) is 6.08 Å². The molecular formula is C14H21BrClNO2. The van der Waals surface area contributed by atoms with Crippen molar-refractivity contribution in [2.75, 3.05) is 13.2 Å². The molecule has 0 heterocycles. The summed E-state index contributed by atoms with van der Waals surface area (Å²) in [5, 5.41) is 12.5. The molecule has 1 aromatic carbocycles. The van der Waals surface area contributed by atoms with E-state index in [1.165, 1.54) is 0 Å². The van der Waals surface area contributed by atoms with Crippen molar-refractivity contribution in [1.82, 2.24) is 5.32 Å². The Morgan fingerprint density at radius 3 is 2.74 bits per heavy atom. The lowest BCUT2D eigenvalue weighted by molar-refractivity contribution is 0.187. The van der Waals surface area contributed by atoms with Crippen LogP contribution in [-0.4, -0.2) is 23.9 Å². The number of aliphatic hydroxyl groups is 1. The molecular weight excluding hydrogens is 330 g/mol. The zero-order valence-corrected chi connectivity index (χ0v) is 13.7. The third-order valence-electron chi connectivity index (χ3n) is 2.53. The Balaban J connectivity index is 0.00000324. The van der Waals surface area contributed by atoms with Gasteiger partial charge in [0.05, 0.1) is 6.61 Å². The van der Waals surface area contributed by atoms with Crippen molar-refractivity contribution in [3.05, 3.63) is 40.9 Å². The highest BCUT2D eigenvalue weighted by Crippen LogP contribution is 2.23. The van der Waals surface area contributed by atoms with E-state index in [2.05, 4.69) is 27.8 Å². The maximum absolute atomic E-state index is 9.22. The minimum Gasteiger partial charge on any atom is -0.489 e. The molecule has 2 N–H and O–H groups in total. The van der Waals surface area contributed by atoms with Crippen molar-refractivity contribution in [3.8, 4) is 5.75 Å². The number of hydrogen-bond acceptors (Lipinski definition) is 3. The van der Waals surface area contributed by atoms with Crippen molar-refractivity contribution in [2.45, 2.75) is 25.9 Å². The topological polar surface area (TPSA) is 41.5 Å². The maximum atomic E-state index is 9.22. The van der Waals surface area contributed by atoms with E-state index in [-0.39, 0.29) is 24.6 Å². The van der Waals surface area contributed by atoms with Crippen LogP contribution in [0.15, 0.2) is 35.3 Å². The number of ether oxygens (including phenoxy) is 1. The van der Waals surface area contributed by atoms with Crippen molar-refractivity contribution in [2.24, 2.45) is 0 Å². The van der Waals surface area contributed by atoms with Gasteiger partial charge in [-0.05, 0) is 32.0 Å². The summed E-state index contributed by atoms with van der Waals surface area (Å²) in [7, 11) is 0. The van der Waals surface area contributed by atoms with Crippen LogP contribution in [0, 0.1) is 0 Å². The minimum atomic E-state index is -0.308. The molecule has 5 heteroatoms.